The fourth-order valence-corrected chi connectivity index (χ4v) is 7.32. The van der Waals surface area contributed by atoms with Crippen molar-refractivity contribution in [1.29, 1.82) is 0 Å². The van der Waals surface area contributed by atoms with E-state index in [1.807, 2.05) is 24.3 Å². The van der Waals surface area contributed by atoms with Crippen LogP contribution in [0.1, 0.15) is 32.4 Å². The van der Waals surface area contributed by atoms with Gasteiger partial charge in [-0.25, -0.2) is 18.1 Å². The van der Waals surface area contributed by atoms with Crippen LogP contribution >= 0.6 is 11.3 Å². The van der Waals surface area contributed by atoms with Crippen molar-refractivity contribution >= 4 is 48.6 Å². The lowest BCUT2D eigenvalue weighted by Crippen LogP contribution is -2.40. The molecule has 1 saturated heterocycles. The summed E-state index contributed by atoms with van der Waals surface area (Å²) in [5, 5.41) is 6.52. The van der Waals surface area contributed by atoms with Crippen LogP contribution < -0.4 is 4.72 Å². The minimum Gasteiger partial charge on any atom is -0.760 e. The van der Waals surface area contributed by atoms with Gasteiger partial charge in [0.25, 0.3) is 5.91 Å². The molecular weight excluding hydrogens is 579 g/mol. The van der Waals surface area contributed by atoms with Gasteiger partial charge in [0, 0.05) is 29.9 Å². The molecule has 5 rings (SSSR count). The number of sulfone groups is 1. The second kappa shape index (κ2) is 12.0. The van der Waals surface area contributed by atoms with Gasteiger partial charge in [-0.05, 0) is 35.4 Å². The number of carbonyl (C=O) groups is 1. The highest BCUT2D eigenvalue weighted by atomic mass is 32.2. The van der Waals surface area contributed by atoms with Gasteiger partial charge in [0.05, 0.1) is 35.7 Å². The summed E-state index contributed by atoms with van der Waals surface area (Å²) in [5.41, 5.74) is 2.94. The predicted octanol–water partition coefficient (Wildman–Crippen LogP) is 2.39. The number of nitrogens with zero attached hydrogens (tertiary/aromatic N) is 4. The molecule has 1 amide bonds. The number of hydrogen-bond donors (Lipinski definition) is 1. The lowest BCUT2D eigenvalue weighted by molar-refractivity contribution is 0.0303. The summed E-state index contributed by atoms with van der Waals surface area (Å²) in [4.78, 5) is 19.1. The molecule has 1 aliphatic rings. The number of ether oxygens (including phenoxy) is 1. The van der Waals surface area contributed by atoms with Gasteiger partial charge in [-0.15, -0.1) is 28.1 Å². The number of amides is 1. The van der Waals surface area contributed by atoms with Gasteiger partial charge in [-0.1, -0.05) is 24.3 Å². The summed E-state index contributed by atoms with van der Waals surface area (Å²) in [5.74, 6) is -0.688. The smallest absolute Gasteiger partial charge is 0.254 e. The van der Waals surface area contributed by atoms with E-state index in [-0.39, 0.29) is 35.0 Å². The number of aromatic nitrogens is 3. The van der Waals surface area contributed by atoms with Crippen LogP contribution in [0.3, 0.4) is 0 Å². The monoisotopic (exact) mass is 602 g/mol. The van der Waals surface area contributed by atoms with E-state index in [4.69, 9.17) is 9.15 Å². The zero-order chi connectivity index (χ0) is 28.3. The third-order valence-electron chi connectivity index (χ3n) is 6.15. The Balaban J connectivity index is 1.43. The van der Waals surface area contributed by atoms with Crippen LogP contribution in [-0.2, 0) is 32.4 Å². The van der Waals surface area contributed by atoms with Crippen LogP contribution in [0.15, 0.2) is 59.5 Å². The van der Waals surface area contributed by atoms with E-state index in [2.05, 4.69) is 26.5 Å². The van der Waals surface area contributed by atoms with E-state index in [0.717, 1.165) is 15.8 Å². The van der Waals surface area contributed by atoms with E-state index in [9.17, 15) is 22.0 Å². The van der Waals surface area contributed by atoms with Crippen LogP contribution in [0.2, 0.25) is 0 Å². The summed E-state index contributed by atoms with van der Waals surface area (Å²) in [6.07, 6.45) is 1.26. The minimum atomic E-state index is -3.88. The van der Waals surface area contributed by atoms with Gasteiger partial charge in [0.15, 0.2) is 15.1 Å². The normalized spacial score (nSPS) is 15.7. The summed E-state index contributed by atoms with van der Waals surface area (Å²) in [7, 11) is -3.88. The Bertz CT molecular complexity index is 1660. The number of carbonyl (C=O) groups excluding carboxylic acids is 1. The molecule has 0 radical (unpaired) electrons. The molecule has 0 aliphatic carbocycles. The molecule has 0 bridgehead atoms. The fraction of sp³-hybridized carbons (Fsp3) is 0.280. The number of nitrogens with one attached hydrogen (secondary N) is 1. The van der Waals surface area contributed by atoms with Crippen molar-refractivity contribution in [1.82, 2.24) is 24.8 Å². The maximum atomic E-state index is 13.2. The molecule has 40 heavy (non-hydrogen) atoms. The average Bonchev–Trinajstić information content (AvgIpc) is 3.58. The summed E-state index contributed by atoms with van der Waals surface area (Å²) >= 11 is -1.37. The molecule has 3 heterocycles. The molecule has 4 aromatic rings. The Morgan fingerprint density at radius 1 is 1.18 bits per heavy atom. The first kappa shape index (κ1) is 28.2. The third-order valence-corrected chi connectivity index (χ3v) is 9.61. The first-order chi connectivity index (χ1) is 19.2. The zero-order valence-electron chi connectivity index (χ0n) is 21.0. The Labute approximate surface area is 236 Å². The van der Waals surface area contributed by atoms with Crippen LogP contribution in [0.5, 0.6) is 0 Å². The van der Waals surface area contributed by atoms with Crippen LogP contribution in [0, 0.1) is 0 Å². The number of hydrogen-bond acceptors (Lipinski definition) is 11. The number of thiazole rings is 1. The van der Waals surface area contributed by atoms with Crippen molar-refractivity contribution in [3.63, 3.8) is 0 Å². The fourth-order valence-electron chi connectivity index (χ4n) is 4.23. The number of rotatable bonds is 10. The minimum absolute atomic E-state index is 0.0366. The SMILES string of the molecule is C=CCS(=O)(=O)C(c1nnc(CNS(=O)[O-])o1)c1nc2ccc(-c3ccc(C(=O)N4CCOCC4)cc3)cc2s1. The molecule has 12 nitrogen and oxygen atoms in total. The molecule has 1 fully saturated rings. The number of benzene rings is 2. The van der Waals surface area contributed by atoms with Gasteiger partial charge in [-0.3, -0.25) is 9.00 Å². The highest BCUT2D eigenvalue weighted by molar-refractivity contribution is 7.92. The largest absolute Gasteiger partial charge is 0.760 e. The molecule has 15 heteroatoms. The van der Waals surface area contributed by atoms with Gasteiger partial charge in [0.1, 0.15) is 5.01 Å². The molecule has 1 N–H and O–H groups in total. The topological polar surface area (TPSA) is 168 Å². The second-order valence-corrected chi connectivity index (χ2v) is 12.8. The van der Waals surface area contributed by atoms with Crippen LogP contribution in [-0.4, -0.2) is 75.2 Å². The Morgan fingerprint density at radius 2 is 1.90 bits per heavy atom. The quantitative estimate of drug-likeness (QED) is 0.210. The van der Waals surface area contributed by atoms with Crippen molar-refractivity contribution in [3.05, 3.63) is 77.5 Å². The summed E-state index contributed by atoms with van der Waals surface area (Å²) in [6, 6.07) is 12.9. The summed E-state index contributed by atoms with van der Waals surface area (Å²) < 4.78 is 61.6. The van der Waals surface area contributed by atoms with E-state index < -0.39 is 26.4 Å². The van der Waals surface area contributed by atoms with Crippen molar-refractivity contribution in [3.8, 4) is 11.1 Å². The molecule has 1 aliphatic heterocycles. The van der Waals surface area contributed by atoms with Crippen molar-refractivity contribution in [2.24, 2.45) is 0 Å². The highest BCUT2D eigenvalue weighted by Gasteiger charge is 2.36. The van der Waals surface area contributed by atoms with Crippen LogP contribution in [0.25, 0.3) is 21.3 Å². The van der Waals surface area contributed by atoms with Crippen molar-refractivity contribution < 1.29 is 31.1 Å². The Hall–Kier alpha value is -3.34. The molecular formula is C25H24N5O7S3-. The summed E-state index contributed by atoms with van der Waals surface area (Å²) in [6.45, 7) is 5.45. The molecule has 210 valence electrons. The number of fused-ring (bicyclic) bond motifs is 1. The first-order valence-corrected chi connectivity index (χ1v) is 15.7. The van der Waals surface area contributed by atoms with E-state index in [0.29, 0.717) is 37.4 Å². The molecule has 2 atom stereocenters. The van der Waals surface area contributed by atoms with Crippen molar-refractivity contribution in [2.75, 3.05) is 32.1 Å². The van der Waals surface area contributed by atoms with Gasteiger partial charge in [0.2, 0.25) is 11.8 Å². The standard InChI is InChI=1S/C25H25N5O7S3/c1-2-13-40(34,35)22(23-29-28-21(37-23)15-26-39(32)33)24-27-19-8-7-18(14-20(19)38-24)16-3-5-17(6-4-16)25(31)30-9-11-36-12-10-30/h2-8,14,22,26H,1,9-13,15H2,(H,32,33)/p-1. The lowest BCUT2D eigenvalue weighted by Gasteiger charge is -2.26. The third kappa shape index (κ3) is 6.19. The lowest BCUT2D eigenvalue weighted by atomic mass is 10.0. The van der Waals surface area contributed by atoms with Gasteiger partial charge < -0.3 is 18.6 Å². The second-order valence-electron chi connectivity index (χ2n) is 8.80. The molecule has 0 saturated carbocycles. The van der Waals surface area contributed by atoms with Gasteiger partial charge >= 0.3 is 0 Å². The van der Waals surface area contributed by atoms with E-state index >= 15 is 0 Å². The number of morpholine rings is 1. The van der Waals surface area contributed by atoms with E-state index in [1.165, 1.54) is 17.4 Å². The average molecular weight is 603 g/mol. The molecule has 2 unspecified atom stereocenters. The van der Waals surface area contributed by atoms with Crippen molar-refractivity contribution in [2.45, 2.75) is 11.8 Å². The Morgan fingerprint density at radius 3 is 2.60 bits per heavy atom. The molecule has 2 aromatic heterocycles. The first-order valence-electron chi connectivity index (χ1n) is 12.1. The van der Waals surface area contributed by atoms with Crippen LogP contribution in [0.4, 0.5) is 0 Å². The predicted molar refractivity (Wildman–Crippen MR) is 148 cm³/mol. The molecule has 2 aromatic carbocycles. The maximum Gasteiger partial charge on any atom is 0.254 e. The van der Waals surface area contributed by atoms with E-state index in [1.54, 1.807) is 23.1 Å². The van der Waals surface area contributed by atoms with Gasteiger partial charge in [-0.2, -0.15) is 0 Å². The maximum absolute atomic E-state index is 13.2. The zero-order valence-corrected chi connectivity index (χ0v) is 23.5. The highest BCUT2D eigenvalue weighted by Crippen LogP contribution is 2.37. The molecule has 0 spiro atoms. The Kier molecular flexibility index (Phi) is 8.48.